The molecule has 3 rings (SSSR count). The zero-order valence-electron chi connectivity index (χ0n) is 12.2. The average molecular weight is 323 g/mol. The average Bonchev–Trinajstić information content (AvgIpc) is 2.50. The fourth-order valence-electron chi connectivity index (χ4n) is 2.79. The van der Waals surface area contributed by atoms with Crippen molar-refractivity contribution < 1.29 is 18.3 Å². The lowest BCUT2D eigenvalue weighted by molar-refractivity contribution is -0.137. The Morgan fingerprint density at radius 2 is 1.83 bits per heavy atom. The van der Waals surface area contributed by atoms with E-state index in [1.165, 1.54) is 12.3 Å². The third-order valence-corrected chi connectivity index (χ3v) is 4.03. The summed E-state index contributed by atoms with van der Waals surface area (Å²) in [6.45, 7) is 0. The van der Waals surface area contributed by atoms with Crippen molar-refractivity contribution in [1.82, 2.24) is 9.97 Å². The SMILES string of the molecule is OC1CC([C@@H](Nc2ncccc2C(F)(F)F)c2ccccn2)C1. The van der Waals surface area contributed by atoms with Crippen LogP contribution in [-0.2, 0) is 6.18 Å². The van der Waals surface area contributed by atoms with Crippen molar-refractivity contribution in [1.29, 1.82) is 0 Å². The van der Waals surface area contributed by atoms with Crippen LogP contribution >= 0.6 is 0 Å². The second-order valence-corrected chi connectivity index (χ2v) is 5.66. The quantitative estimate of drug-likeness (QED) is 0.905. The molecule has 0 unspecified atom stereocenters. The molecular formula is C16H16F3N3O. The monoisotopic (exact) mass is 323 g/mol. The number of rotatable bonds is 4. The van der Waals surface area contributed by atoms with Crippen LogP contribution in [0.25, 0.3) is 0 Å². The summed E-state index contributed by atoms with van der Waals surface area (Å²) in [5.74, 6) is -0.194. The number of halogens is 3. The molecule has 0 aliphatic heterocycles. The molecule has 23 heavy (non-hydrogen) atoms. The van der Waals surface area contributed by atoms with Gasteiger partial charge in [-0.1, -0.05) is 6.07 Å². The molecule has 2 aromatic heterocycles. The van der Waals surface area contributed by atoms with Gasteiger partial charge < -0.3 is 10.4 Å². The Bertz CT molecular complexity index is 657. The molecule has 1 fully saturated rings. The van der Waals surface area contributed by atoms with Crippen molar-refractivity contribution in [2.75, 3.05) is 5.32 Å². The van der Waals surface area contributed by atoms with Crippen molar-refractivity contribution in [2.24, 2.45) is 5.92 Å². The van der Waals surface area contributed by atoms with Gasteiger partial charge in [0.25, 0.3) is 0 Å². The molecule has 0 saturated heterocycles. The largest absolute Gasteiger partial charge is 0.419 e. The van der Waals surface area contributed by atoms with E-state index in [0.717, 1.165) is 6.07 Å². The maximum Gasteiger partial charge on any atom is 0.419 e. The molecule has 0 amide bonds. The summed E-state index contributed by atoms with van der Waals surface area (Å²) in [7, 11) is 0. The number of hydrogen-bond acceptors (Lipinski definition) is 4. The van der Waals surface area contributed by atoms with Gasteiger partial charge in [0.05, 0.1) is 23.4 Å². The van der Waals surface area contributed by atoms with E-state index in [2.05, 4.69) is 15.3 Å². The van der Waals surface area contributed by atoms with Gasteiger partial charge in [0, 0.05) is 12.4 Å². The van der Waals surface area contributed by atoms with Crippen LogP contribution in [0, 0.1) is 5.92 Å². The Morgan fingerprint density at radius 3 is 2.43 bits per heavy atom. The highest BCUT2D eigenvalue weighted by Gasteiger charge is 2.38. The molecule has 0 bridgehead atoms. The Labute approximate surface area is 131 Å². The number of aromatic nitrogens is 2. The van der Waals surface area contributed by atoms with Gasteiger partial charge >= 0.3 is 6.18 Å². The third-order valence-electron chi connectivity index (χ3n) is 4.03. The Kier molecular flexibility index (Phi) is 4.21. The number of alkyl halides is 3. The molecule has 1 atom stereocenters. The predicted molar refractivity (Wildman–Crippen MR) is 78.6 cm³/mol. The van der Waals surface area contributed by atoms with Gasteiger partial charge in [-0.3, -0.25) is 4.98 Å². The van der Waals surface area contributed by atoms with Crippen LogP contribution in [0.4, 0.5) is 19.0 Å². The predicted octanol–water partition coefficient (Wildman–Crippen LogP) is 3.42. The summed E-state index contributed by atoms with van der Waals surface area (Å²) >= 11 is 0. The molecule has 0 radical (unpaired) electrons. The van der Waals surface area contributed by atoms with E-state index in [-0.39, 0.29) is 11.7 Å². The molecular weight excluding hydrogens is 307 g/mol. The first-order chi connectivity index (χ1) is 10.9. The fourth-order valence-corrected chi connectivity index (χ4v) is 2.79. The zero-order chi connectivity index (χ0) is 16.4. The maximum atomic E-state index is 13.1. The molecule has 4 nitrogen and oxygen atoms in total. The smallest absolute Gasteiger partial charge is 0.393 e. The van der Waals surface area contributed by atoms with Crippen molar-refractivity contribution >= 4 is 5.82 Å². The van der Waals surface area contributed by atoms with Crippen molar-refractivity contribution in [3.05, 3.63) is 54.0 Å². The van der Waals surface area contributed by atoms with E-state index in [4.69, 9.17) is 0 Å². The van der Waals surface area contributed by atoms with E-state index in [0.29, 0.717) is 18.5 Å². The van der Waals surface area contributed by atoms with E-state index >= 15 is 0 Å². The van der Waals surface area contributed by atoms with Crippen molar-refractivity contribution in [3.63, 3.8) is 0 Å². The number of nitrogens with one attached hydrogen (secondary N) is 1. The molecule has 7 heteroatoms. The lowest BCUT2D eigenvalue weighted by atomic mass is 9.76. The van der Waals surface area contributed by atoms with Crippen molar-refractivity contribution in [2.45, 2.75) is 31.2 Å². The number of aliphatic hydroxyl groups is 1. The minimum absolute atomic E-state index is 0.0167. The first kappa shape index (κ1) is 15.7. The minimum Gasteiger partial charge on any atom is -0.393 e. The first-order valence-corrected chi connectivity index (χ1v) is 7.33. The summed E-state index contributed by atoms with van der Waals surface area (Å²) < 4.78 is 39.4. The summed E-state index contributed by atoms with van der Waals surface area (Å²) in [4.78, 5) is 8.09. The van der Waals surface area contributed by atoms with Gasteiger partial charge in [-0.2, -0.15) is 13.2 Å². The van der Waals surface area contributed by atoms with Gasteiger partial charge in [0.15, 0.2) is 0 Å². The minimum atomic E-state index is -4.48. The van der Waals surface area contributed by atoms with Gasteiger partial charge in [0.2, 0.25) is 0 Å². The summed E-state index contributed by atoms with van der Waals surface area (Å²) in [6.07, 6.45) is -0.904. The van der Waals surface area contributed by atoms with E-state index in [1.807, 2.05) is 0 Å². The number of pyridine rings is 2. The lowest BCUT2D eigenvalue weighted by Gasteiger charge is -2.38. The Balaban J connectivity index is 1.91. The first-order valence-electron chi connectivity index (χ1n) is 7.33. The molecule has 122 valence electrons. The molecule has 2 heterocycles. The highest BCUT2D eigenvalue weighted by molar-refractivity contribution is 5.47. The second kappa shape index (κ2) is 6.16. The normalized spacial score (nSPS) is 22.3. The van der Waals surface area contributed by atoms with Crippen LogP contribution in [0.2, 0.25) is 0 Å². The van der Waals surface area contributed by atoms with Crippen LogP contribution in [0.5, 0.6) is 0 Å². The van der Waals surface area contributed by atoms with E-state index in [9.17, 15) is 18.3 Å². The van der Waals surface area contributed by atoms with Crippen LogP contribution in [0.1, 0.15) is 30.1 Å². The summed E-state index contributed by atoms with van der Waals surface area (Å²) in [5, 5.41) is 12.4. The topological polar surface area (TPSA) is 58.0 Å². The highest BCUT2D eigenvalue weighted by atomic mass is 19.4. The molecule has 2 aromatic rings. The highest BCUT2D eigenvalue weighted by Crippen LogP contribution is 2.41. The molecule has 1 aliphatic rings. The molecule has 1 aliphatic carbocycles. The summed E-state index contributed by atoms with van der Waals surface area (Å²) in [5.41, 5.74) is -0.163. The van der Waals surface area contributed by atoms with Gasteiger partial charge in [-0.25, -0.2) is 4.98 Å². The Hall–Kier alpha value is -2.15. The maximum absolute atomic E-state index is 13.1. The van der Waals surface area contributed by atoms with Gasteiger partial charge in [-0.05, 0) is 43.0 Å². The van der Waals surface area contributed by atoms with Crippen LogP contribution in [-0.4, -0.2) is 21.2 Å². The van der Waals surface area contributed by atoms with Crippen LogP contribution in [0.3, 0.4) is 0 Å². The standard InChI is InChI=1S/C16H16F3N3O/c17-16(18,19)12-4-3-7-21-15(12)22-14(10-8-11(23)9-10)13-5-1-2-6-20-13/h1-7,10-11,14,23H,8-9H2,(H,21,22)/t10?,11?,14-/m1/s1. The second-order valence-electron chi connectivity index (χ2n) is 5.66. The van der Waals surface area contributed by atoms with E-state index < -0.39 is 23.9 Å². The zero-order valence-corrected chi connectivity index (χ0v) is 12.2. The Morgan fingerprint density at radius 1 is 1.09 bits per heavy atom. The third kappa shape index (κ3) is 3.44. The van der Waals surface area contributed by atoms with E-state index in [1.54, 1.807) is 24.4 Å². The molecule has 0 spiro atoms. The van der Waals surface area contributed by atoms with Crippen LogP contribution < -0.4 is 5.32 Å². The van der Waals surface area contributed by atoms with Gasteiger partial charge in [0.1, 0.15) is 5.82 Å². The molecule has 0 aromatic carbocycles. The molecule has 2 N–H and O–H groups in total. The number of nitrogens with zero attached hydrogens (tertiary/aromatic N) is 2. The van der Waals surface area contributed by atoms with Gasteiger partial charge in [-0.15, -0.1) is 0 Å². The molecule has 1 saturated carbocycles. The lowest BCUT2D eigenvalue weighted by Crippen LogP contribution is -2.36. The van der Waals surface area contributed by atoms with Crippen molar-refractivity contribution in [3.8, 4) is 0 Å². The summed E-state index contributed by atoms with van der Waals surface area (Å²) in [6, 6.07) is 7.14. The number of hydrogen-bond donors (Lipinski definition) is 2. The fraction of sp³-hybridized carbons (Fsp3) is 0.375. The number of anilines is 1. The number of aliphatic hydroxyl groups excluding tert-OH is 1. The van der Waals surface area contributed by atoms with Crippen LogP contribution in [0.15, 0.2) is 42.7 Å².